The minimum absolute atomic E-state index is 0.143. The van der Waals surface area contributed by atoms with Crippen molar-refractivity contribution in [1.82, 2.24) is 0 Å². The van der Waals surface area contributed by atoms with E-state index in [1.54, 1.807) is 12.1 Å². The van der Waals surface area contributed by atoms with E-state index in [1.165, 1.54) is 17.5 Å². The van der Waals surface area contributed by atoms with E-state index >= 15 is 0 Å². The Bertz CT molecular complexity index is 732. The molecule has 1 aliphatic carbocycles. The van der Waals surface area contributed by atoms with E-state index in [1.807, 2.05) is 18.2 Å². The third-order valence-electron chi connectivity index (χ3n) is 3.61. The molecule has 0 aliphatic heterocycles. The first-order valence-electron chi connectivity index (χ1n) is 6.63. The molecular weight excluding hydrogens is 353 g/mol. The van der Waals surface area contributed by atoms with Gasteiger partial charge in [0.2, 0.25) is 0 Å². The van der Waals surface area contributed by atoms with E-state index in [-0.39, 0.29) is 15.2 Å². The molecule has 3 rings (SSSR count). The number of nitrogens with two attached hydrogens (primary N) is 1. The summed E-state index contributed by atoms with van der Waals surface area (Å²) >= 11 is 8.05. The number of benzene rings is 2. The minimum Gasteiger partial charge on any atom is -0.454 e. The number of aryl methyl sites for hydroxylation is 2. The lowest BCUT2D eigenvalue weighted by atomic mass is 10.1. The standard InChI is InChI=1S/C16H13BrFNOS/c17-14-12(16(19)21)6-7-13(15(14)18)20-11-5-4-9-2-1-3-10(9)8-11/h4-8H,1-3H2,(H2,19,21). The molecule has 0 radical (unpaired) electrons. The Hall–Kier alpha value is -1.46. The summed E-state index contributed by atoms with van der Waals surface area (Å²) in [5.41, 5.74) is 8.64. The van der Waals surface area contributed by atoms with Gasteiger partial charge in [-0.15, -0.1) is 0 Å². The summed E-state index contributed by atoms with van der Waals surface area (Å²) in [6.45, 7) is 0. The van der Waals surface area contributed by atoms with Gasteiger partial charge < -0.3 is 10.5 Å². The van der Waals surface area contributed by atoms with Crippen LogP contribution < -0.4 is 10.5 Å². The van der Waals surface area contributed by atoms with E-state index in [9.17, 15) is 4.39 Å². The molecule has 0 amide bonds. The van der Waals surface area contributed by atoms with Gasteiger partial charge in [0, 0.05) is 5.56 Å². The number of ether oxygens (including phenoxy) is 1. The maximum absolute atomic E-state index is 14.3. The van der Waals surface area contributed by atoms with Crippen molar-refractivity contribution in [1.29, 1.82) is 0 Å². The number of halogens is 2. The van der Waals surface area contributed by atoms with Crippen molar-refractivity contribution in [2.24, 2.45) is 5.73 Å². The van der Waals surface area contributed by atoms with Gasteiger partial charge in [-0.25, -0.2) is 4.39 Å². The number of thiocarbonyl (C=S) groups is 1. The summed E-state index contributed by atoms with van der Waals surface area (Å²) in [5, 5.41) is 0. The zero-order valence-electron chi connectivity index (χ0n) is 11.2. The molecular formula is C16H13BrFNOS. The van der Waals surface area contributed by atoms with Gasteiger partial charge in [-0.05, 0) is 70.6 Å². The Morgan fingerprint density at radius 1 is 1.19 bits per heavy atom. The average Bonchev–Trinajstić information content (AvgIpc) is 2.91. The lowest BCUT2D eigenvalue weighted by molar-refractivity contribution is 0.440. The molecule has 0 unspecified atom stereocenters. The van der Waals surface area contributed by atoms with Crippen LogP contribution in [0.4, 0.5) is 4.39 Å². The zero-order chi connectivity index (χ0) is 15.0. The zero-order valence-corrected chi connectivity index (χ0v) is 13.6. The smallest absolute Gasteiger partial charge is 0.180 e. The highest BCUT2D eigenvalue weighted by molar-refractivity contribution is 9.10. The second-order valence-corrected chi connectivity index (χ2v) is 6.22. The van der Waals surface area contributed by atoms with Gasteiger partial charge in [-0.3, -0.25) is 0 Å². The van der Waals surface area contributed by atoms with E-state index in [0.29, 0.717) is 11.3 Å². The normalized spacial score (nSPS) is 13.0. The quantitative estimate of drug-likeness (QED) is 0.813. The molecule has 108 valence electrons. The minimum atomic E-state index is -0.499. The fraction of sp³-hybridized carbons (Fsp3) is 0.188. The SMILES string of the molecule is NC(=S)c1ccc(Oc2ccc3c(c2)CCC3)c(F)c1Br. The van der Waals surface area contributed by atoms with Crippen LogP contribution in [0.2, 0.25) is 0 Å². The first-order valence-corrected chi connectivity index (χ1v) is 7.84. The Morgan fingerprint density at radius 2 is 1.95 bits per heavy atom. The summed E-state index contributed by atoms with van der Waals surface area (Å²) in [5.74, 6) is 0.296. The monoisotopic (exact) mass is 365 g/mol. The maximum atomic E-state index is 14.3. The fourth-order valence-corrected chi connectivity index (χ4v) is 3.38. The Balaban J connectivity index is 1.92. The molecule has 0 atom stereocenters. The van der Waals surface area contributed by atoms with Crippen LogP contribution in [0.25, 0.3) is 0 Å². The van der Waals surface area contributed by atoms with E-state index in [4.69, 9.17) is 22.7 Å². The van der Waals surface area contributed by atoms with Gasteiger partial charge in [0.05, 0.1) is 4.47 Å². The van der Waals surface area contributed by atoms with Gasteiger partial charge in [0.15, 0.2) is 11.6 Å². The predicted molar refractivity (Wildman–Crippen MR) is 88.5 cm³/mol. The number of fused-ring (bicyclic) bond motifs is 1. The highest BCUT2D eigenvalue weighted by atomic mass is 79.9. The second-order valence-electron chi connectivity index (χ2n) is 4.99. The van der Waals surface area contributed by atoms with Crippen LogP contribution in [0.15, 0.2) is 34.8 Å². The first kappa shape index (κ1) is 14.5. The van der Waals surface area contributed by atoms with Crippen LogP contribution in [0.3, 0.4) is 0 Å². The molecule has 0 aromatic heterocycles. The van der Waals surface area contributed by atoms with Crippen LogP contribution >= 0.6 is 28.1 Å². The highest BCUT2D eigenvalue weighted by Gasteiger charge is 2.16. The third-order valence-corrected chi connectivity index (χ3v) is 4.61. The average molecular weight is 366 g/mol. The van der Waals surface area contributed by atoms with Gasteiger partial charge in [0.1, 0.15) is 10.7 Å². The molecule has 0 saturated carbocycles. The molecule has 21 heavy (non-hydrogen) atoms. The first-order chi connectivity index (χ1) is 10.1. The van der Waals surface area contributed by atoms with Crippen molar-refractivity contribution in [3.63, 3.8) is 0 Å². The molecule has 2 nitrogen and oxygen atoms in total. The van der Waals surface area contributed by atoms with Crippen molar-refractivity contribution in [3.8, 4) is 11.5 Å². The van der Waals surface area contributed by atoms with Gasteiger partial charge >= 0.3 is 0 Å². The van der Waals surface area contributed by atoms with Crippen molar-refractivity contribution in [3.05, 3.63) is 57.3 Å². The fourth-order valence-electron chi connectivity index (χ4n) is 2.54. The lowest BCUT2D eigenvalue weighted by Crippen LogP contribution is -2.11. The topological polar surface area (TPSA) is 35.2 Å². The largest absolute Gasteiger partial charge is 0.454 e. The number of rotatable bonds is 3. The van der Waals surface area contributed by atoms with Crippen LogP contribution in [0.1, 0.15) is 23.1 Å². The van der Waals surface area contributed by atoms with Gasteiger partial charge in [-0.2, -0.15) is 0 Å². The number of hydrogen-bond acceptors (Lipinski definition) is 2. The maximum Gasteiger partial charge on any atom is 0.180 e. The van der Waals surface area contributed by atoms with Crippen LogP contribution in [-0.2, 0) is 12.8 Å². The lowest BCUT2D eigenvalue weighted by Gasteiger charge is -2.11. The molecule has 2 N–H and O–H groups in total. The van der Waals surface area contributed by atoms with E-state index < -0.39 is 5.82 Å². The van der Waals surface area contributed by atoms with E-state index in [2.05, 4.69) is 15.9 Å². The molecule has 0 spiro atoms. The molecule has 5 heteroatoms. The van der Waals surface area contributed by atoms with E-state index in [0.717, 1.165) is 12.8 Å². The molecule has 1 aliphatic rings. The second kappa shape index (κ2) is 5.73. The van der Waals surface area contributed by atoms with Crippen LogP contribution in [0, 0.1) is 5.82 Å². The van der Waals surface area contributed by atoms with Gasteiger partial charge in [0.25, 0.3) is 0 Å². The summed E-state index contributed by atoms with van der Waals surface area (Å²) < 4.78 is 20.2. The summed E-state index contributed by atoms with van der Waals surface area (Å²) in [6, 6.07) is 9.10. The molecule has 0 fully saturated rings. The Morgan fingerprint density at radius 3 is 2.71 bits per heavy atom. The Kier molecular flexibility index (Phi) is 3.95. The van der Waals surface area contributed by atoms with Crippen molar-refractivity contribution < 1.29 is 9.13 Å². The molecule has 0 saturated heterocycles. The van der Waals surface area contributed by atoms with Crippen molar-refractivity contribution in [2.75, 3.05) is 0 Å². The van der Waals surface area contributed by atoms with Crippen LogP contribution in [0.5, 0.6) is 11.5 Å². The molecule has 0 bridgehead atoms. The summed E-state index contributed by atoms with van der Waals surface area (Å²) in [7, 11) is 0. The number of hydrogen-bond donors (Lipinski definition) is 1. The predicted octanol–water partition coefficient (Wildman–Crippen LogP) is 4.50. The van der Waals surface area contributed by atoms with Crippen molar-refractivity contribution >= 4 is 33.1 Å². The summed E-state index contributed by atoms with van der Waals surface area (Å²) in [6.07, 6.45) is 3.33. The molecule has 0 heterocycles. The highest BCUT2D eigenvalue weighted by Crippen LogP contribution is 2.33. The third kappa shape index (κ3) is 2.80. The van der Waals surface area contributed by atoms with Crippen LogP contribution in [-0.4, -0.2) is 4.99 Å². The van der Waals surface area contributed by atoms with Gasteiger partial charge in [-0.1, -0.05) is 18.3 Å². The van der Waals surface area contributed by atoms with Crippen molar-refractivity contribution in [2.45, 2.75) is 19.3 Å². The molecule has 2 aromatic carbocycles. The molecule has 2 aromatic rings. The summed E-state index contributed by atoms with van der Waals surface area (Å²) in [4.78, 5) is 0.143. The Labute approximate surface area is 136 Å².